The number of hydrogen-bond donors (Lipinski definition) is 9. The summed E-state index contributed by atoms with van der Waals surface area (Å²) in [7, 11) is -3.72. The largest absolute Gasteiger partial charge is 0.377 e. The van der Waals surface area contributed by atoms with Crippen LogP contribution in [0, 0.1) is 5.92 Å². The Bertz CT molecular complexity index is 1080. The molecule has 296 valence electrons. The molecule has 0 aromatic rings. The van der Waals surface area contributed by atoms with Crippen molar-refractivity contribution in [1.29, 1.82) is 0 Å². The van der Waals surface area contributed by atoms with Gasteiger partial charge in [-0.25, -0.2) is 17.7 Å². The SMILES string of the molecule is CP(=O)(O)O[C@H]1CC[C@@H](C(=O)NC(C(=O)NCCOCCON)C(=O)NC(CCC(=O)NCCOCCON)C(=O)NCCOCCON)CC1. The highest BCUT2D eigenvalue weighted by Crippen LogP contribution is 2.42. The van der Waals surface area contributed by atoms with Gasteiger partial charge < -0.3 is 64.7 Å². The van der Waals surface area contributed by atoms with Gasteiger partial charge in [0, 0.05) is 38.6 Å². The van der Waals surface area contributed by atoms with Crippen molar-refractivity contribution in [3.05, 3.63) is 0 Å². The normalized spacial score (nSPS) is 18.1. The lowest BCUT2D eigenvalue weighted by molar-refractivity contribution is -0.140. The molecule has 5 amide bonds. The van der Waals surface area contributed by atoms with Gasteiger partial charge in [0.1, 0.15) is 6.04 Å². The van der Waals surface area contributed by atoms with E-state index >= 15 is 0 Å². The van der Waals surface area contributed by atoms with Crippen molar-refractivity contribution in [2.45, 2.75) is 56.7 Å². The van der Waals surface area contributed by atoms with E-state index < -0.39 is 61.2 Å². The average Bonchev–Trinajstić information content (AvgIpc) is 3.09. The molecule has 0 radical (unpaired) electrons. The molecule has 1 aliphatic carbocycles. The van der Waals surface area contributed by atoms with Crippen molar-refractivity contribution in [2.24, 2.45) is 23.6 Å². The third-order valence-corrected chi connectivity index (χ3v) is 7.88. The van der Waals surface area contributed by atoms with Crippen molar-refractivity contribution in [3.63, 3.8) is 0 Å². The van der Waals surface area contributed by atoms with Crippen molar-refractivity contribution in [2.75, 3.05) is 85.8 Å². The number of amides is 5. The summed E-state index contributed by atoms with van der Waals surface area (Å²) in [4.78, 5) is 88.5. The van der Waals surface area contributed by atoms with E-state index in [-0.39, 0.29) is 105 Å². The summed E-state index contributed by atoms with van der Waals surface area (Å²) in [6.07, 6.45) is 0.296. The average molecular weight is 759 g/mol. The summed E-state index contributed by atoms with van der Waals surface area (Å²) < 4.78 is 32.6. The minimum absolute atomic E-state index is 0.0357. The maximum absolute atomic E-state index is 13.6. The Morgan fingerprint density at radius 2 is 1.18 bits per heavy atom. The first-order chi connectivity index (χ1) is 24.4. The van der Waals surface area contributed by atoms with Gasteiger partial charge in [0.25, 0.3) is 11.8 Å². The van der Waals surface area contributed by atoms with Gasteiger partial charge in [-0.05, 0) is 32.1 Å². The van der Waals surface area contributed by atoms with Crippen LogP contribution in [0.25, 0.3) is 0 Å². The van der Waals surface area contributed by atoms with Crippen LogP contribution in [0.3, 0.4) is 0 Å². The zero-order valence-electron chi connectivity index (χ0n) is 29.0. The molecule has 1 fully saturated rings. The Labute approximate surface area is 296 Å². The van der Waals surface area contributed by atoms with Gasteiger partial charge in [0.15, 0.2) is 6.04 Å². The highest BCUT2D eigenvalue weighted by atomic mass is 31.2. The molecule has 22 nitrogen and oxygen atoms in total. The first-order valence-electron chi connectivity index (χ1n) is 16.5. The monoisotopic (exact) mass is 758 g/mol. The molecule has 23 heteroatoms. The first-order valence-corrected chi connectivity index (χ1v) is 18.5. The van der Waals surface area contributed by atoms with E-state index in [4.69, 9.17) is 36.4 Å². The smallest absolute Gasteiger partial charge is 0.325 e. The van der Waals surface area contributed by atoms with Crippen LogP contribution in [-0.2, 0) is 61.8 Å². The molecular formula is C28H55N8O14P. The lowest BCUT2D eigenvalue weighted by atomic mass is 9.86. The Kier molecular flexibility index (Phi) is 25.1. The molecule has 0 bridgehead atoms. The van der Waals surface area contributed by atoms with Crippen LogP contribution >= 0.6 is 7.60 Å². The van der Waals surface area contributed by atoms with Gasteiger partial charge in [-0.15, -0.1) is 0 Å². The van der Waals surface area contributed by atoms with Gasteiger partial charge in [-0.1, -0.05) is 0 Å². The molecular weight excluding hydrogens is 703 g/mol. The highest BCUT2D eigenvalue weighted by molar-refractivity contribution is 7.51. The fraction of sp³-hybridized carbons (Fsp3) is 0.821. The molecule has 3 unspecified atom stereocenters. The standard InChI is InChI=1S/C28H55N8O14P/c1-51(42,43)50-21-4-2-20(3-5-21)25(38)36-24(27(40)34-10-13-46-16-19-49-31)28(41)35-22(26(39)33-9-12-45-15-18-48-30)6-7-23(37)32-8-11-44-14-17-47-29/h20-22,24H,2-19,29-31H2,1H3,(H,32,37)(H,33,39)(H,34,40)(H,35,41)(H,36,38)(H,42,43)/t20-,21+,22?,24?. The maximum atomic E-state index is 13.6. The molecule has 0 aromatic heterocycles. The molecule has 3 atom stereocenters. The molecule has 1 saturated carbocycles. The fourth-order valence-electron chi connectivity index (χ4n) is 4.71. The molecule has 1 rings (SSSR count). The van der Waals surface area contributed by atoms with Crippen LogP contribution in [-0.4, -0.2) is 138 Å². The van der Waals surface area contributed by atoms with Gasteiger partial charge in [0.05, 0.1) is 65.6 Å². The maximum Gasteiger partial charge on any atom is 0.325 e. The van der Waals surface area contributed by atoms with E-state index in [1.54, 1.807) is 0 Å². The molecule has 1 aliphatic rings. The Morgan fingerprint density at radius 3 is 1.67 bits per heavy atom. The van der Waals surface area contributed by atoms with Crippen LogP contribution in [0.5, 0.6) is 0 Å². The van der Waals surface area contributed by atoms with Gasteiger partial charge >= 0.3 is 7.60 Å². The van der Waals surface area contributed by atoms with Crippen LogP contribution in [0.2, 0.25) is 0 Å². The third kappa shape index (κ3) is 22.6. The van der Waals surface area contributed by atoms with Gasteiger partial charge in [-0.3, -0.25) is 28.5 Å². The Balaban J connectivity index is 2.98. The van der Waals surface area contributed by atoms with Crippen LogP contribution < -0.4 is 44.3 Å². The molecule has 0 spiro atoms. The first kappa shape index (κ1) is 46.2. The summed E-state index contributed by atoms with van der Waals surface area (Å²) in [5.74, 6) is 10.6. The van der Waals surface area contributed by atoms with Crippen molar-refractivity contribution in [3.8, 4) is 0 Å². The second-order valence-corrected chi connectivity index (χ2v) is 13.1. The minimum Gasteiger partial charge on any atom is -0.377 e. The van der Waals surface area contributed by atoms with Crippen molar-refractivity contribution in [1.82, 2.24) is 26.6 Å². The number of ether oxygens (including phenoxy) is 3. The minimum atomic E-state index is -3.72. The van der Waals surface area contributed by atoms with Crippen molar-refractivity contribution >= 4 is 37.1 Å². The summed E-state index contributed by atoms with van der Waals surface area (Å²) in [6.45, 7) is 2.54. The molecule has 0 saturated heterocycles. The van der Waals surface area contributed by atoms with E-state index in [1.165, 1.54) is 0 Å². The fourth-order valence-corrected chi connectivity index (χ4v) is 5.48. The quantitative estimate of drug-likeness (QED) is 0.0153. The zero-order chi connectivity index (χ0) is 37.9. The van der Waals surface area contributed by atoms with Crippen LogP contribution in [0.1, 0.15) is 38.5 Å². The Morgan fingerprint density at radius 1 is 0.686 bits per heavy atom. The van der Waals surface area contributed by atoms with E-state index in [2.05, 4.69) is 41.1 Å². The van der Waals surface area contributed by atoms with E-state index in [1.807, 2.05) is 0 Å². The predicted molar refractivity (Wildman–Crippen MR) is 178 cm³/mol. The van der Waals surface area contributed by atoms with E-state index in [0.717, 1.165) is 6.66 Å². The van der Waals surface area contributed by atoms with Gasteiger partial charge in [0.2, 0.25) is 17.7 Å². The lowest BCUT2D eigenvalue weighted by Crippen LogP contribution is -2.60. The summed E-state index contributed by atoms with van der Waals surface area (Å²) in [5.41, 5.74) is 0. The van der Waals surface area contributed by atoms with Crippen LogP contribution in [0.15, 0.2) is 0 Å². The zero-order valence-corrected chi connectivity index (χ0v) is 29.9. The highest BCUT2D eigenvalue weighted by Gasteiger charge is 2.35. The molecule has 0 heterocycles. The number of carbonyl (C=O) groups is 5. The summed E-state index contributed by atoms with van der Waals surface area (Å²) in [6, 6.07) is -3.07. The number of nitrogens with two attached hydrogens (primary N) is 3. The van der Waals surface area contributed by atoms with Crippen molar-refractivity contribution < 1.29 is 66.7 Å². The summed E-state index contributed by atoms with van der Waals surface area (Å²) >= 11 is 0. The lowest BCUT2D eigenvalue weighted by Gasteiger charge is -2.29. The number of carbonyl (C=O) groups excluding carboxylic acids is 5. The molecule has 51 heavy (non-hydrogen) atoms. The van der Waals surface area contributed by atoms with E-state index in [9.17, 15) is 33.4 Å². The number of nitrogens with one attached hydrogen (secondary N) is 5. The second kappa shape index (κ2) is 27.7. The molecule has 12 N–H and O–H groups in total. The molecule has 0 aliphatic heterocycles. The topological polar surface area (TPSA) is 325 Å². The van der Waals surface area contributed by atoms with Crippen LogP contribution in [0.4, 0.5) is 0 Å². The predicted octanol–water partition coefficient (Wildman–Crippen LogP) is -3.80. The van der Waals surface area contributed by atoms with E-state index in [0.29, 0.717) is 12.8 Å². The summed E-state index contributed by atoms with van der Waals surface area (Å²) in [5, 5.41) is 12.7. The third-order valence-electron chi connectivity index (χ3n) is 7.19. The number of rotatable bonds is 29. The molecule has 0 aromatic carbocycles. The number of hydrogen-bond acceptors (Lipinski definition) is 16. The van der Waals surface area contributed by atoms with Gasteiger partial charge in [-0.2, -0.15) is 0 Å². The second-order valence-electron chi connectivity index (χ2n) is 11.3. The Hall–Kier alpha value is -2.86.